The molecule has 0 radical (unpaired) electrons. The van der Waals surface area contributed by atoms with Gasteiger partial charge >= 0.3 is 0 Å². The van der Waals surface area contributed by atoms with Crippen molar-refractivity contribution in [2.45, 2.75) is 57.9 Å². The van der Waals surface area contributed by atoms with E-state index in [-0.39, 0.29) is 22.9 Å². The molecule has 10 heteroatoms. The SMILES string of the molecule is CC(=O)N([C@@H](Cc1ccccc1)C(=O)C1=NCC(C)(C)S1)N1C(=O)C(C(C)C)N(C(=O)c2cccnc2)C=C1c1ccccc1. The molecule has 3 heterocycles. The second-order valence-electron chi connectivity index (χ2n) is 12.1. The molecule has 2 atom stereocenters. The molecule has 0 N–H and O–H groups in total. The Morgan fingerprint density at radius 3 is 2.22 bits per heavy atom. The topological polar surface area (TPSA) is 103 Å². The van der Waals surface area contributed by atoms with E-state index in [1.165, 1.54) is 39.8 Å². The maximum atomic E-state index is 14.8. The lowest BCUT2D eigenvalue weighted by molar-refractivity contribution is -0.165. The molecule has 0 saturated carbocycles. The molecular weight excluding hydrogens is 586 g/mol. The van der Waals surface area contributed by atoms with Gasteiger partial charge < -0.3 is 0 Å². The number of pyridine rings is 1. The van der Waals surface area contributed by atoms with E-state index < -0.39 is 29.8 Å². The van der Waals surface area contributed by atoms with Crippen LogP contribution in [0.5, 0.6) is 0 Å². The molecule has 232 valence electrons. The number of aromatic nitrogens is 1. The Morgan fingerprint density at radius 1 is 1.00 bits per heavy atom. The van der Waals surface area contributed by atoms with Crippen LogP contribution < -0.4 is 0 Å². The highest BCUT2D eigenvalue weighted by molar-refractivity contribution is 8.17. The summed E-state index contributed by atoms with van der Waals surface area (Å²) in [6, 6.07) is 19.8. The molecule has 1 unspecified atom stereocenters. The van der Waals surface area contributed by atoms with Crippen LogP contribution in [0.25, 0.3) is 5.70 Å². The van der Waals surface area contributed by atoms with Crippen LogP contribution in [0.3, 0.4) is 0 Å². The van der Waals surface area contributed by atoms with Crippen molar-refractivity contribution >= 4 is 46.0 Å². The quantitative estimate of drug-likeness (QED) is 0.322. The number of benzene rings is 2. The predicted octanol–water partition coefficient (Wildman–Crippen LogP) is 5.26. The van der Waals surface area contributed by atoms with Crippen LogP contribution in [0.4, 0.5) is 0 Å². The number of amides is 3. The first-order chi connectivity index (χ1) is 21.5. The molecule has 2 aliphatic rings. The summed E-state index contributed by atoms with van der Waals surface area (Å²) >= 11 is 1.38. The van der Waals surface area contributed by atoms with Crippen molar-refractivity contribution in [3.8, 4) is 0 Å². The zero-order valence-corrected chi connectivity index (χ0v) is 26.9. The van der Waals surface area contributed by atoms with Crippen LogP contribution in [0.2, 0.25) is 0 Å². The Labute approximate surface area is 268 Å². The van der Waals surface area contributed by atoms with E-state index in [9.17, 15) is 19.2 Å². The number of hydrogen-bond acceptors (Lipinski definition) is 7. The van der Waals surface area contributed by atoms with Crippen molar-refractivity contribution in [2.24, 2.45) is 10.9 Å². The lowest BCUT2D eigenvalue weighted by atomic mass is 9.96. The smallest absolute Gasteiger partial charge is 0.269 e. The zero-order chi connectivity index (χ0) is 32.3. The molecule has 0 saturated heterocycles. The lowest BCUT2D eigenvalue weighted by Gasteiger charge is -2.47. The van der Waals surface area contributed by atoms with Gasteiger partial charge in [0.2, 0.25) is 11.7 Å². The van der Waals surface area contributed by atoms with Gasteiger partial charge in [-0.2, -0.15) is 0 Å². The van der Waals surface area contributed by atoms with Crippen molar-refractivity contribution in [3.63, 3.8) is 0 Å². The number of hydrazine groups is 1. The van der Waals surface area contributed by atoms with Gasteiger partial charge in [0.05, 0.1) is 17.8 Å². The van der Waals surface area contributed by atoms with Gasteiger partial charge in [0.1, 0.15) is 17.1 Å². The van der Waals surface area contributed by atoms with E-state index >= 15 is 0 Å². The van der Waals surface area contributed by atoms with Gasteiger partial charge in [0.25, 0.3) is 11.8 Å². The molecule has 2 aromatic carbocycles. The third-order valence-electron chi connectivity index (χ3n) is 7.69. The molecule has 0 aliphatic carbocycles. The first kappa shape index (κ1) is 31.8. The number of rotatable bonds is 9. The van der Waals surface area contributed by atoms with E-state index in [0.717, 1.165) is 5.56 Å². The van der Waals surface area contributed by atoms with Crippen LogP contribution in [0.1, 0.15) is 56.1 Å². The van der Waals surface area contributed by atoms with E-state index in [1.54, 1.807) is 36.7 Å². The van der Waals surface area contributed by atoms with Crippen LogP contribution in [0, 0.1) is 5.92 Å². The fraction of sp³-hybridized carbons (Fsp3) is 0.314. The Kier molecular flexibility index (Phi) is 9.34. The molecule has 3 aromatic rings. The highest BCUT2D eigenvalue weighted by Gasteiger charge is 2.47. The van der Waals surface area contributed by atoms with E-state index in [1.807, 2.05) is 76.2 Å². The molecule has 9 nitrogen and oxygen atoms in total. The average Bonchev–Trinajstić information content (AvgIpc) is 3.40. The van der Waals surface area contributed by atoms with E-state index in [4.69, 9.17) is 0 Å². The third-order valence-corrected chi connectivity index (χ3v) is 8.90. The summed E-state index contributed by atoms with van der Waals surface area (Å²) in [6.45, 7) is 9.55. The number of hydrogen-bond donors (Lipinski definition) is 0. The van der Waals surface area contributed by atoms with Crippen LogP contribution >= 0.6 is 11.8 Å². The first-order valence-corrected chi connectivity index (χ1v) is 15.8. The third kappa shape index (κ3) is 6.76. The average molecular weight is 624 g/mol. The van der Waals surface area contributed by atoms with Gasteiger partial charge in [0, 0.05) is 42.2 Å². The summed E-state index contributed by atoms with van der Waals surface area (Å²) in [4.78, 5) is 66.9. The highest BCUT2D eigenvalue weighted by atomic mass is 32.2. The number of thioether (sulfide) groups is 1. The van der Waals surface area contributed by atoms with Crippen molar-refractivity contribution in [1.29, 1.82) is 0 Å². The molecule has 3 amide bonds. The molecule has 1 aromatic heterocycles. The van der Waals surface area contributed by atoms with E-state index in [0.29, 0.717) is 28.4 Å². The Morgan fingerprint density at radius 2 is 1.67 bits per heavy atom. The molecule has 2 aliphatic heterocycles. The maximum Gasteiger partial charge on any atom is 0.269 e. The molecular formula is C35H37N5O4S. The predicted molar refractivity (Wildman–Crippen MR) is 176 cm³/mol. The minimum atomic E-state index is -1.07. The lowest BCUT2D eigenvalue weighted by Crippen LogP contribution is -2.64. The van der Waals surface area contributed by atoms with Crippen molar-refractivity contribution in [2.75, 3.05) is 6.54 Å². The molecule has 0 fully saturated rings. The molecule has 45 heavy (non-hydrogen) atoms. The standard InChI is InChI=1S/C35H37N5O4S/c1-23(2)30-34(44)40(29(26-15-10-7-11-16-26)21-38(30)33(43)27-17-12-18-36-20-27)39(24(3)41)28(19-25-13-8-6-9-14-25)31(42)32-37-22-35(4,5)45-32/h6-18,20-21,23,28,30H,19,22H2,1-5H3/t28-,30?/m0/s1. The minimum Gasteiger partial charge on any atom is -0.300 e. The Balaban J connectivity index is 1.69. The van der Waals surface area contributed by atoms with Crippen LogP contribution in [-0.2, 0) is 20.8 Å². The highest BCUT2D eigenvalue weighted by Crippen LogP contribution is 2.36. The Hall–Kier alpha value is -4.57. The monoisotopic (exact) mass is 623 g/mol. The number of ketones is 1. The zero-order valence-electron chi connectivity index (χ0n) is 26.1. The van der Waals surface area contributed by atoms with Crippen LogP contribution in [0.15, 0.2) is 96.4 Å². The molecule has 5 rings (SSSR count). The summed E-state index contributed by atoms with van der Waals surface area (Å²) in [5.41, 5.74) is 2.06. The number of carbonyl (C=O) groups excluding carboxylic acids is 4. The molecule has 0 bridgehead atoms. The van der Waals surface area contributed by atoms with Crippen molar-refractivity contribution in [3.05, 3.63) is 108 Å². The summed E-state index contributed by atoms with van der Waals surface area (Å²) in [5, 5.41) is 2.91. The van der Waals surface area contributed by atoms with Gasteiger partial charge in [-0.25, -0.2) is 10.0 Å². The summed E-state index contributed by atoms with van der Waals surface area (Å²) in [6.07, 6.45) is 4.82. The van der Waals surface area contributed by atoms with Gasteiger partial charge in [-0.05, 0) is 37.5 Å². The van der Waals surface area contributed by atoms with Gasteiger partial charge in [-0.1, -0.05) is 86.3 Å². The number of carbonyl (C=O) groups is 4. The normalized spacial score (nSPS) is 18.4. The Bertz CT molecular complexity index is 1640. The fourth-order valence-electron chi connectivity index (χ4n) is 5.57. The first-order valence-electron chi connectivity index (χ1n) is 14.9. The van der Waals surface area contributed by atoms with Crippen molar-refractivity contribution < 1.29 is 19.2 Å². The summed E-state index contributed by atoms with van der Waals surface area (Å²) < 4.78 is -0.269. The van der Waals surface area contributed by atoms with Gasteiger partial charge in [-0.15, -0.1) is 0 Å². The largest absolute Gasteiger partial charge is 0.300 e. The minimum absolute atomic E-state index is 0.162. The number of nitrogens with zero attached hydrogens (tertiary/aromatic N) is 5. The van der Waals surface area contributed by atoms with Crippen molar-refractivity contribution in [1.82, 2.24) is 19.9 Å². The molecule has 0 spiro atoms. The maximum absolute atomic E-state index is 14.8. The van der Waals surface area contributed by atoms with Crippen LogP contribution in [-0.4, -0.2) is 71.8 Å². The second kappa shape index (κ2) is 13.2. The van der Waals surface area contributed by atoms with Gasteiger partial charge in [0.15, 0.2) is 0 Å². The fourth-order valence-corrected chi connectivity index (χ4v) is 6.59. The number of Topliss-reactive ketones (excluding diaryl/α,β-unsaturated/α-hetero) is 1. The van der Waals surface area contributed by atoms with E-state index in [2.05, 4.69) is 9.98 Å². The number of aliphatic imine (C=N–C) groups is 1. The second-order valence-corrected chi connectivity index (χ2v) is 13.8. The summed E-state index contributed by atoms with van der Waals surface area (Å²) in [5.74, 6) is -2.04. The van der Waals surface area contributed by atoms with Gasteiger partial charge in [-0.3, -0.25) is 34.1 Å². The summed E-state index contributed by atoms with van der Waals surface area (Å²) in [7, 11) is 0.